The van der Waals surface area contributed by atoms with Crippen molar-refractivity contribution in [2.75, 3.05) is 13.7 Å². The van der Waals surface area contributed by atoms with E-state index in [1.54, 1.807) is 19.3 Å². The number of halogens is 2. The first-order valence-electron chi connectivity index (χ1n) is 8.91. The van der Waals surface area contributed by atoms with Gasteiger partial charge in [-0.1, -0.05) is 29.8 Å². The molecule has 0 spiro atoms. The number of hydrogen-bond donors (Lipinski definition) is 2. The second-order valence-corrected chi connectivity index (χ2v) is 7.02. The van der Waals surface area contributed by atoms with Crippen LogP contribution >= 0.6 is 35.6 Å². The van der Waals surface area contributed by atoms with Gasteiger partial charge in [0.1, 0.15) is 10.9 Å². The molecule has 1 heterocycles. The van der Waals surface area contributed by atoms with Crippen LogP contribution < -0.4 is 15.4 Å². The highest BCUT2D eigenvalue weighted by Gasteiger charge is 2.22. The van der Waals surface area contributed by atoms with Gasteiger partial charge in [-0.2, -0.15) is 0 Å². The topological polar surface area (TPSA) is 58.5 Å². The highest BCUT2D eigenvalue weighted by atomic mass is 127. The maximum Gasteiger partial charge on any atom is 0.191 e. The van der Waals surface area contributed by atoms with Gasteiger partial charge in [-0.3, -0.25) is 4.99 Å². The van der Waals surface area contributed by atoms with Gasteiger partial charge >= 0.3 is 0 Å². The minimum absolute atomic E-state index is 0. The molecule has 2 aromatic rings. The van der Waals surface area contributed by atoms with Crippen molar-refractivity contribution in [2.24, 2.45) is 10.9 Å². The van der Waals surface area contributed by atoms with E-state index in [1.165, 1.54) is 18.4 Å². The molecule has 1 saturated carbocycles. The first-order valence-corrected chi connectivity index (χ1v) is 9.29. The molecule has 0 radical (unpaired) electrons. The van der Waals surface area contributed by atoms with E-state index in [4.69, 9.17) is 16.3 Å². The second kappa shape index (κ2) is 10.7. The van der Waals surface area contributed by atoms with Crippen molar-refractivity contribution in [3.63, 3.8) is 0 Å². The molecule has 0 amide bonds. The van der Waals surface area contributed by atoms with Crippen molar-refractivity contribution in [1.29, 1.82) is 0 Å². The molecule has 2 N–H and O–H groups in total. The van der Waals surface area contributed by atoms with Crippen LogP contribution in [-0.2, 0) is 13.1 Å². The predicted octanol–water partition coefficient (Wildman–Crippen LogP) is 4.32. The SMILES string of the molecule is CN=C(NCc1ccc(Cl)nc1)NCc1ccc(C)cc1OCC1CC1.I. The highest BCUT2D eigenvalue weighted by molar-refractivity contribution is 14.0. The minimum Gasteiger partial charge on any atom is -0.493 e. The van der Waals surface area contributed by atoms with Crippen molar-refractivity contribution >= 4 is 41.5 Å². The summed E-state index contributed by atoms with van der Waals surface area (Å²) < 4.78 is 6.03. The molecule has 0 unspecified atom stereocenters. The molecular weight excluding hydrogens is 475 g/mol. The molecule has 0 saturated heterocycles. The Morgan fingerprint density at radius 1 is 1.22 bits per heavy atom. The molecule has 0 aliphatic heterocycles. The zero-order valence-electron chi connectivity index (χ0n) is 15.7. The van der Waals surface area contributed by atoms with E-state index < -0.39 is 0 Å². The molecule has 1 aromatic heterocycles. The van der Waals surface area contributed by atoms with Gasteiger partial charge in [0.2, 0.25) is 0 Å². The number of nitrogens with zero attached hydrogens (tertiary/aromatic N) is 2. The van der Waals surface area contributed by atoms with Gasteiger partial charge in [0.05, 0.1) is 6.61 Å². The maximum absolute atomic E-state index is 6.03. The number of benzene rings is 1. The first kappa shape index (κ1) is 21.8. The largest absolute Gasteiger partial charge is 0.493 e. The van der Waals surface area contributed by atoms with Gasteiger partial charge in [-0.25, -0.2) is 4.98 Å². The summed E-state index contributed by atoms with van der Waals surface area (Å²) in [6, 6.07) is 10.1. The second-order valence-electron chi connectivity index (χ2n) is 6.63. The number of ether oxygens (including phenoxy) is 1. The highest BCUT2D eigenvalue weighted by Crippen LogP contribution is 2.30. The molecule has 1 aromatic carbocycles. The van der Waals surface area contributed by atoms with Gasteiger partial charge < -0.3 is 15.4 Å². The van der Waals surface area contributed by atoms with Crippen LogP contribution in [0, 0.1) is 12.8 Å². The molecule has 146 valence electrons. The smallest absolute Gasteiger partial charge is 0.191 e. The number of hydrogen-bond acceptors (Lipinski definition) is 3. The van der Waals surface area contributed by atoms with Gasteiger partial charge in [-0.05, 0) is 48.9 Å². The van der Waals surface area contributed by atoms with E-state index >= 15 is 0 Å². The lowest BCUT2D eigenvalue weighted by Gasteiger charge is -2.15. The summed E-state index contributed by atoms with van der Waals surface area (Å²) >= 11 is 5.81. The summed E-state index contributed by atoms with van der Waals surface area (Å²) in [6.07, 6.45) is 4.33. The lowest BCUT2D eigenvalue weighted by molar-refractivity contribution is 0.296. The van der Waals surface area contributed by atoms with Crippen LogP contribution in [0.25, 0.3) is 0 Å². The number of pyridine rings is 1. The monoisotopic (exact) mass is 500 g/mol. The molecule has 5 nitrogen and oxygen atoms in total. The Hall–Kier alpha value is -1.54. The average Bonchev–Trinajstić information content (AvgIpc) is 3.47. The Bertz CT molecular complexity index is 763. The summed E-state index contributed by atoms with van der Waals surface area (Å²) in [5.74, 6) is 2.43. The quantitative estimate of drug-likeness (QED) is 0.257. The summed E-state index contributed by atoms with van der Waals surface area (Å²) in [5, 5.41) is 7.12. The van der Waals surface area contributed by atoms with Crippen LogP contribution in [0.2, 0.25) is 5.15 Å². The number of aromatic nitrogens is 1. The summed E-state index contributed by atoms with van der Waals surface area (Å²) in [7, 11) is 1.76. The summed E-state index contributed by atoms with van der Waals surface area (Å²) in [5.41, 5.74) is 3.38. The van der Waals surface area contributed by atoms with Crippen LogP contribution in [0.1, 0.15) is 29.5 Å². The number of rotatable bonds is 7. The van der Waals surface area contributed by atoms with Crippen molar-refractivity contribution in [2.45, 2.75) is 32.9 Å². The van der Waals surface area contributed by atoms with Gasteiger partial charge in [-0.15, -0.1) is 24.0 Å². The molecule has 1 fully saturated rings. The minimum atomic E-state index is 0. The standard InChI is InChI=1S/C20H25ClN4O.HI/c1-14-3-7-17(18(9-14)26-13-15-4-5-15)12-25-20(22-2)24-11-16-6-8-19(21)23-10-16;/h3,6-10,15H,4-5,11-13H2,1-2H3,(H2,22,24,25);1H. The number of aryl methyl sites for hydroxylation is 1. The van der Waals surface area contributed by atoms with Gasteiger partial charge in [0, 0.05) is 31.9 Å². The summed E-state index contributed by atoms with van der Waals surface area (Å²) in [4.78, 5) is 8.36. The Labute approximate surface area is 183 Å². The molecule has 0 atom stereocenters. The van der Waals surface area contributed by atoms with Crippen LogP contribution in [0.15, 0.2) is 41.5 Å². The van der Waals surface area contributed by atoms with Crippen LogP contribution in [0.3, 0.4) is 0 Å². The zero-order chi connectivity index (χ0) is 18.4. The maximum atomic E-state index is 6.03. The predicted molar refractivity (Wildman–Crippen MR) is 121 cm³/mol. The molecule has 7 heteroatoms. The lowest BCUT2D eigenvalue weighted by atomic mass is 10.1. The number of aliphatic imine (C=N–C) groups is 1. The Kier molecular flexibility index (Phi) is 8.63. The van der Waals surface area contributed by atoms with E-state index in [-0.39, 0.29) is 24.0 Å². The fourth-order valence-electron chi connectivity index (χ4n) is 2.53. The summed E-state index contributed by atoms with van der Waals surface area (Å²) in [6.45, 7) is 4.18. The fourth-order valence-corrected chi connectivity index (χ4v) is 2.64. The molecule has 27 heavy (non-hydrogen) atoms. The molecule has 0 bridgehead atoms. The average molecular weight is 501 g/mol. The van der Waals surface area contributed by atoms with Crippen molar-refractivity contribution in [1.82, 2.24) is 15.6 Å². The van der Waals surface area contributed by atoms with Crippen LogP contribution in [0.5, 0.6) is 5.75 Å². The third kappa shape index (κ3) is 7.18. The lowest BCUT2D eigenvalue weighted by Crippen LogP contribution is -2.36. The Morgan fingerprint density at radius 2 is 2.00 bits per heavy atom. The van der Waals surface area contributed by atoms with E-state index in [9.17, 15) is 0 Å². The van der Waals surface area contributed by atoms with Crippen molar-refractivity contribution in [3.8, 4) is 5.75 Å². The number of guanidine groups is 1. The van der Waals surface area contributed by atoms with Crippen LogP contribution in [-0.4, -0.2) is 24.6 Å². The Balaban J connectivity index is 0.00000261. The van der Waals surface area contributed by atoms with E-state index in [0.717, 1.165) is 35.4 Å². The van der Waals surface area contributed by atoms with Crippen molar-refractivity contribution in [3.05, 3.63) is 58.4 Å². The van der Waals surface area contributed by atoms with Gasteiger partial charge in [0.25, 0.3) is 0 Å². The Morgan fingerprint density at radius 3 is 2.67 bits per heavy atom. The third-order valence-electron chi connectivity index (χ3n) is 4.31. The van der Waals surface area contributed by atoms with Crippen LogP contribution in [0.4, 0.5) is 0 Å². The zero-order valence-corrected chi connectivity index (χ0v) is 18.8. The van der Waals surface area contributed by atoms with E-state index in [1.807, 2.05) is 6.07 Å². The molecule has 3 rings (SSSR count). The van der Waals surface area contributed by atoms with Crippen molar-refractivity contribution < 1.29 is 4.74 Å². The molecule has 1 aliphatic carbocycles. The molecule has 1 aliphatic rings. The first-order chi connectivity index (χ1) is 12.6. The number of nitrogens with one attached hydrogen (secondary N) is 2. The fraction of sp³-hybridized carbons (Fsp3) is 0.400. The van der Waals surface area contributed by atoms with E-state index in [2.05, 4.69) is 45.7 Å². The normalized spacial score (nSPS) is 13.7. The van der Waals surface area contributed by atoms with Gasteiger partial charge in [0.15, 0.2) is 5.96 Å². The van der Waals surface area contributed by atoms with E-state index in [0.29, 0.717) is 18.2 Å². The third-order valence-corrected chi connectivity index (χ3v) is 4.54. The molecular formula is C20H26ClIN4O.